The van der Waals surface area contributed by atoms with E-state index in [0.29, 0.717) is 49.3 Å². The number of ether oxygens (including phenoxy) is 2. The quantitative estimate of drug-likeness (QED) is 0.115. The molecule has 0 unspecified atom stereocenters. The van der Waals surface area contributed by atoms with Gasteiger partial charge in [0.25, 0.3) is 5.56 Å². The molecule has 236 valence electrons. The van der Waals surface area contributed by atoms with Gasteiger partial charge in [0.15, 0.2) is 12.5 Å². The summed E-state index contributed by atoms with van der Waals surface area (Å²) in [5.41, 5.74) is 0.749. The van der Waals surface area contributed by atoms with Gasteiger partial charge in [-0.1, -0.05) is 10.4 Å². The average molecular weight is 609 g/mol. The Kier molecular flexibility index (Phi) is 9.47. The van der Waals surface area contributed by atoms with Crippen LogP contribution in [-0.2, 0) is 35.4 Å². The van der Waals surface area contributed by atoms with E-state index in [9.17, 15) is 40.2 Å². The molecule has 18 nitrogen and oxygen atoms in total. The van der Waals surface area contributed by atoms with E-state index in [1.807, 2.05) is 0 Å². The molecule has 5 rings (SSSR count). The van der Waals surface area contributed by atoms with Gasteiger partial charge in [0.2, 0.25) is 0 Å². The molecule has 5 heterocycles. The summed E-state index contributed by atoms with van der Waals surface area (Å²) in [7, 11) is 0. The number of hydrogen-bond acceptors (Lipinski definition) is 14. The lowest BCUT2D eigenvalue weighted by molar-refractivity contribution is -0.0594. The summed E-state index contributed by atoms with van der Waals surface area (Å²) in [4.78, 5) is 25.8. The van der Waals surface area contributed by atoms with Crippen LogP contribution in [0.4, 0.5) is 0 Å². The summed E-state index contributed by atoms with van der Waals surface area (Å²) in [6.45, 7) is 1.22. The maximum Gasteiger partial charge on any atom is 0.331 e. The smallest absolute Gasteiger partial charge is 0.331 e. The second-order valence-electron chi connectivity index (χ2n) is 10.8. The van der Waals surface area contributed by atoms with Crippen LogP contribution in [0.2, 0.25) is 0 Å². The third-order valence-electron chi connectivity index (χ3n) is 7.79. The Morgan fingerprint density at radius 3 is 1.65 bits per heavy atom. The zero-order valence-electron chi connectivity index (χ0n) is 23.4. The number of aliphatic hydroxyl groups is 6. The zero-order valence-corrected chi connectivity index (χ0v) is 23.4. The normalized spacial score (nSPS) is 29.1. The van der Waals surface area contributed by atoms with Crippen molar-refractivity contribution < 1.29 is 40.1 Å². The number of rotatable bonds is 12. The lowest BCUT2D eigenvalue weighted by Gasteiger charge is -2.14. The first-order valence-electron chi connectivity index (χ1n) is 14.0. The Bertz CT molecular complexity index is 1500. The van der Waals surface area contributed by atoms with Gasteiger partial charge in [-0.2, -0.15) is 0 Å². The maximum absolute atomic E-state index is 13.2. The molecular weight excluding hydrogens is 572 g/mol. The lowest BCUT2D eigenvalue weighted by Crippen LogP contribution is -2.40. The van der Waals surface area contributed by atoms with Crippen molar-refractivity contribution in [3.05, 3.63) is 56.4 Å². The molecule has 2 saturated heterocycles. The van der Waals surface area contributed by atoms with Crippen LogP contribution < -0.4 is 11.2 Å². The van der Waals surface area contributed by atoms with Crippen LogP contribution in [-0.4, -0.2) is 120 Å². The van der Waals surface area contributed by atoms with Crippen LogP contribution in [0.5, 0.6) is 0 Å². The minimum absolute atomic E-state index is 0.136. The molecule has 0 spiro atoms. The molecule has 3 aromatic heterocycles. The van der Waals surface area contributed by atoms with Crippen molar-refractivity contribution in [1.82, 2.24) is 39.1 Å². The molecule has 3 aromatic rings. The van der Waals surface area contributed by atoms with Gasteiger partial charge in [0.05, 0.1) is 37.0 Å². The van der Waals surface area contributed by atoms with Crippen molar-refractivity contribution in [2.45, 2.75) is 94.8 Å². The molecule has 0 saturated carbocycles. The van der Waals surface area contributed by atoms with E-state index in [-0.39, 0.29) is 6.54 Å². The highest BCUT2D eigenvalue weighted by atomic mass is 16.6. The predicted molar refractivity (Wildman–Crippen MR) is 142 cm³/mol. The fraction of sp³-hybridized carbons (Fsp3) is 0.680. The molecule has 2 fully saturated rings. The molecule has 0 aromatic carbocycles. The standard InChI is InChI=1S/C25H36N8O10/c1-13-8-18(36)31(7-3-5-15-10-33(29-27-15)24-22(40)20(38)17(12-35)43-24)25(41)30(13)6-2-4-14-9-32(28-26-14)23-21(39)19(37)16(11-34)42-23/h8-10,16-17,19-24,34-35,37-40H,2-7,11-12H2,1H3/t16-,17-,19-,20-,21-,22-,23-,24-/m1/s1. The van der Waals surface area contributed by atoms with E-state index in [0.717, 1.165) is 4.57 Å². The summed E-state index contributed by atoms with van der Waals surface area (Å²) in [5.74, 6) is 0. The second-order valence-corrected chi connectivity index (χ2v) is 10.8. The summed E-state index contributed by atoms with van der Waals surface area (Å²) < 4.78 is 16.1. The van der Waals surface area contributed by atoms with Crippen LogP contribution >= 0.6 is 0 Å². The van der Waals surface area contributed by atoms with Crippen LogP contribution in [0.1, 0.15) is 42.4 Å². The Balaban J connectivity index is 1.16. The Labute approximate surface area is 244 Å². The average Bonchev–Trinajstić information content (AvgIpc) is 3.76. The molecule has 0 bridgehead atoms. The van der Waals surface area contributed by atoms with Gasteiger partial charge in [0, 0.05) is 24.8 Å². The van der Waals surface area contributed by atoms with Gasteiger partial charge >= 0.3 is 5.69 Å². The number of aryl methyl sites for hydroxylation is 3. The van der Waals surface area contributed by atoms with Crippen molar-refractivity contribution >= 4 is 0 Å². The van der Waals surface area contributed by atoms with Gasteiger partial charge < -0.3 is 40.1 Å². The number of hydrogen-bond donors (Lipinski definition) is 6. The van der Waals surface area contributed by atoms with Crippen LogP contribution in [0, 0.1) is 6.92 Å². The van der Waals surface area contributed by atoms with E-state index in [1.54, 1.807) is 19.3 Å². The van der Waals surface area contributed by atoms with E-state index in [1.165, 1.54) is 20.0 Å². The van der Waals surface area contributed by atoms with Gasteiger partial charge in [0.1, 0.15) is 36.6 Å². The first-order valence-corrected chi connectivity index (χ1v) is 14.0. The summed E-state index contributed by atoms with van der Waals surface area (Å²) in [6, 6.07) is 1.40. The van der Waals surface area contributed by atoms with Crippen molar-refractivity contribution in [2.24, 2.45) is 0 Å². The lowest BCUT2D eigenvalue weighted by atomic mass is 10.1. The highest BCUT2D eigenvalue weighted by molar-refractivity contribution is 5.02. The van der Waals surface area contributed by atoms with Gasteiger partial charge in [-0.15, -0.1) is 10.2 Å². The maximum atomic E-state index is 13.2. The topological polar surface area (TPSA) is 245 Å². The largest absolute Gasteiger partial charge is 0.394 e. The summed E-state index contributed by atoms with van der Waals surface area (Å²) in [6.07, 6.45) is -4.11. The van der Waals surface area contributed by atoms with Crippen LogP contribution in [0.3, 0.4) is 0 Å². The van der Waals surface area contributed by atoms with Gasteiger partial charge in [-0.05, 0) is 32.6 Å². The second kappa shape index (κ2) is 13.1. The van der Waals surface area contributed by atoms with E-state index >= 15 is 0 Å². The van der Waals surface area contributed by atoms with E-state index in [2.05, 4.69) is 20.6 Å². The van der Waals surface area contributed by atoms with Gasteiger partial charge in [-0.25, -0.2) is 14.2 Å². The molecular formula is C25H36N8O10. The van der Waals surface area contributed by atoms with Crippen LogP contribution in [0.25, 0.3) is 0 Å². The first-order chi connectivity index (χ1) is 20.6. The highest BCUT2D eigenvalue weighted by Crippen LogP contribution is 2.29. The fourth-order valence-electron chi connectivity index (χ4n) is 5.34. The van der Waals surface area contributed by atoms with Crippen molar-refractivity contribution in [2.75, 3.05) is 13.2 Å². The Morgan fingerprint density at radius 1 is 0.744 bits per heavy atom. The zero-order chi connectivity index (χ0) is 30.8. The molecule has 2 aliphatic heterocycles. The molecule has 6 N–H and O–H groups in total. The molecule has 0 amide bonds. The monoisotopic (exact) mass is 608 g/mol. The van der Waals surface area contributed by atoms with Crippen molar-refractivity contribution in [3.8, 4) is 0 Å². The molecule has 0 aliphatic carbocycles. The number of aromatic nitrogens is 8. The molecule has 18 heteroatoms. The minimum atomic E-state index is -1.29. The molecule has 8 atom stereocenters. The van der Waals surface area contributed by atoms with Crippen molar-refractivity contribution in [1.29, 1.82) is 0 Å². The fourth-order valence-corrected chi connectivity index (χ4v) is 5.34. The minimum Gasteiger partial charge on any atom is -0.394 e. The molecule has 0 radical (unpaired) electrons. The third kappa shape index (κ3) is 6.31. The van der Waals surface area contributed by atoms with E-state index < -0.39 is 73.5 Å². The predicted octanol–water partition coefficient (Wildman–Crippen LogP) is -4.01. The molecule has 2 aliphatic rings. The van der Waals surface area contributed by atoms with Crippen LogP contribution in [0.15, 0.2) is 28.0 Å². The third-order valence-corrected chi connectivity index (χ3v) is 7.79. The first kappa shape index (κ1) is 31.1. The summed E-state index contributed by atoms with van der Waals surface area (Å²) in [5, 5.41) is 74.8. The van der Waals surface area contributed by atoms with Crippen molar-refractivity contribution in [3.63, 3.8) is 0 Å². The number of aliphatic hydroxyl groups excluding tert-OH is 6. The van der Waals surface area contributed by atoms with Gasteiger partial charge in [-0.3, -0.25) is 13.9 Å². The Morgan fingerprint density at radius 2 is 1.21 bits per heavy atom. The highest BCUT2D eigenvalue weighted by Gasteiger charge is 2.45. The summed E-state index contributed by atoms with van der Waals surface area (Å²) >= 11 is 0. The Hall–Kier alpha value is -3.36. The molecule has 43 heavy (non-hydrogen) atoms. The number of nitrogens with zero attached hydrogens (tertiary/aromatic N) is 8. The SMILES string of the molecule is Cc1cc(=O)n(CCCc2cn([C@@H]3O[C@H](CO)[C@@H](O)[C@H]3O)nn2)c(=O)n1CCCc1cn([C@@H]2O[C@H](CO)[C@@H](O)[C@H]2O)nn1. The van der Waals surface area contributed by atoms with E-state index in [4.69, 9.17) is 9.47 Å².